The molecule has 0 spiro atoms. The number of morpholine rings is 1. The molecule has 11 heteroatoms. The Morgan fingerprint density at radius 2 is 1.63 bits per heavy atom. The minimum Gasteiger partial charge on any atom is -0.379 e. The maximum Gasteiger partial charge on any atom is 0.255 e. The number of carbonyl (C=O) groups excluding carboxylic acids is 2. The van der Waals surface area contributed by atoms with Crippen LogP contribution in [0.1, 0.15) is 34.6 Å². The average molecular weight is 523 g/mol. The molecule has 0 bridgehead atoms. The molecule has 9 nitrogen and oxygen atoms in total. The molecule has 0 unspecified atom stereocenters. The topological polar surface area (TPSA) is 108 Å². The number of sulfonamides is 1. The summed E-state index contributed by atoms with van der Waals surface area (Å²) in [5, 5.41) is 5.66. The van der Waals surface area contributed by atoms with Crippen molar-refractivity contribution in [3.63, 3.8) is 0 Å². The molecule has 1 fully saturated rings. The van der Waals surface area contributed by atoms with Crippen LogP contribution in [0, 0.1) is 0 Å². The van der Waals surface area contributed by atoms with E-state index in [1.807, 2.05) is 0 Å². The van der Waals surface area contributed by atoms with Crippen LogP contribution in [0.2, 0.25) is 5.02 Å². The Morgan fingerprint density at radius 1 is 1.00 bits per heavy atom. The lowest BCUT2D eigenvalue weighted by atomic mass is 10.1. The Morgan fingerprint density at radius 3 is 2.26 bits per heavy atom. The van der Waals surface area contributed by atoms with Crippen LogP contribution in [0.25, 0.3) is 0 Å². The molecule has 1 aliphatic rings. The van der Waals surface area contributed by atoms with Crippen molar-refractivity contribution in [2.75, 3.05) is 57.8 Å². The Balaban J connectivity index is 1.64. The summed E-state index contributed by atoms with van der Waals surface area (Å²) in [6, 6.07) is 10.6. The van der Waals surface area contributed by atoms with Crippen LogP contribution in [-0.2, 0) is 14.8 Å². The number of nitrogens with one attached hydrogen (secondary N) is 2. The second kappa shape index (κ2) is 12.5. The molecule has 0 aliphatic carbocycles. The van der Waals surface area contributed by atoms with Gasteiger partial charge in [-0.1, -0.05) is 25.4 Å². The highest BCUT2D eigenvalue weighted by molar-refractivity contribution is 7.89. The van der Waals surface area contributed by atoms with E-state index >= 15 is 0 Å². The summed E-state index contributed by atoms with van der Waals surface area (Å²) < 4.78 is 32.5. The molecule has 2 N–H and O–H groups in total. The zero-order valence-corrected chi connectivity index (χ0v) is 21.5. The molecule has 0 aromatic heterocycles. The highest BCUT2D eigenvalue weighted by Gasteiger charge is 2.29. The van der Waals surface area contributed by atoms with Gasteiger partial charge in [0, 0.05) is 43.0 Å². The minimum absolute atomic E-state index is 0.0457. The molecule has 0 atom stereocenters. The summed E-state index contributed by atoms with van der Waals surface area (Å²) in [4.78, 5) is 27.2. The van der Waals surface area contributed by atoms with Gasteiger partial charge in [0.15, 0.2) is 0 Å². The third-order valence-corrected chi connectivity index (χ3v) is 8.17. The van der Waals surface area contributed by atoms with Gasteiger partial charge in [-0.25, -0.2) is 8.42 Å². The molecule has 1 aliphatic heterocycles. The highest BCUT2D eigenvalue weighted by atomic mass is 35.5. The van der Waals surface area contributed by atoms with Crippen LogP contribution in [0.5, 0.6) is 0 Å². The fourth-order valence-electron chi connectivity index (χ4n) is 3.65. The number of anilines is 1. The van der Waals surface area contributed by atoms with Crippen LogP contribution >= 0.6 is 11.6 Å². The molecule has 1 saturated heterocycles. The summed E-state index contributed by atoms with van der Waals surface area (Å²) in [6.45, 7) is 8.39. The lowest BCUT2D eigenvalue weighted by Crippen LogP contribution is -2.40. The molecule has 2 amide bonds. The monoisotopic (exact) mass is 522 g/mol. The second-order valence-electron chi connectivity index (χ2n) is 7.98. The first-order chi connectivity index (χ1) is 16.8. The Kier molecular flexibility index (Phi) is 9.64. The molecular formula is C24H31ClN4O5S. The Hall–Kier alpha value is -2.50. The maximum atomic E-state index is 13.0. The van der Waals surface area contributed by atoms with E-state index in [1.54, 1.807) is 24.3 Å². The highest BCUT2D eigenvalue weighted by Crippen LogP contribution is 2.27. The number of rotatable bonds is 10. The van der Waals surface area contributed by atoms with Gasteiger partial charge in [-0.3, -0.25) is 9.59 Å². The third-order valence-electron chi connectivity index (χ3n) is 5.79. The van der Waals surface area contributed by atoms with Crippen molar-refractivity contribution in [2.24, 2.45) is 0 Å². The van der Waals surface area contributed by atoms with Crippen LogP contribution in [0.4, 0.5) is 5.69 Å². The third kappa shape index (κ3) is 7.02. The smallest absolute Gasteiger partial charge is 0.255 e. The first-order valence-electron chi connectivity index (χ1n) is 11.6. The lowest BCUT2D eigenvalue weighted by Gasteiger charge is -2.26. The summed E-state index contributed by atoms with van der Waals surface area (Å²) in [7, 11) is -3.86. The number of carbonyl (C=O) groups is 2. The van der Waals surface area contributed by atoms with Gasteiger partial charge in [-0.15, -0.1) is 0 Å². The predicted molar refractivity (Wildman–Crippen MR) is 136 cm³/mol. The van der Waals surface area contributed by atoms with Crippen molar-refractivity contribution in [3.8, 4) is 0 Å². The second-order valence-corrected chi connectivity index (χ2v) is 10.3. The summed E-state index contributed by atoms with van der Waals surface area (Å²) in [6.07, 6.45) is 0. The average Bonchev–Trinajstić information content (AvgIpc) is 2.87. The fourth-order valence-corrected chi connectivity index (χ4v) is 5.55. The number of hydrogen-bond donors (Lipinski definition) is 2. The van der Waals surface area contributed by atoms with E-state index in [-0.39, 0.29) is 34.5 Å². The minimum atomic E-state index is -3.86. The van der Waals surface area contributed by atoms with Crippen LogP contribution in [-0.4, -0.2) is 81.9 Å². The van der Waals surface area contributed by atoms with E-state index in [2.05, 4.69) is 29.4 Å². The molecule has 190 valence electrons. The quantitative estimate of drug-likeness (QED) is 0.496. The number of halogens is 1. The van der Waals surface area contributed by atoms with E-state index in [0.29, 0.717) is 31.0 Å². The van der Waals surface area contributed by atoms with Crippen molar-refractivity contribution >= 4 is 39.1 Å². The van der Waals surface area contributed by atoms with E-state index in [0.717, 1.165) is 19.6 Å². The number of amides is 2. The largest absolute Gasteiger partial charge is 0.379 e. The van der Waals surface area contributed by atoms with Crippen LogP contribution < -0.4 is 10.6 Å². The van der Waals surface area contributed by atoms with Crippen LogP contribution in [0.15, 0.2) is 47.4 Å². The first-order valence-corrected chi connectivity index (χ1v) is 13.4. The molecule has 0 radical (unpaired) electrons. The van der Waals surface area contributed by atoms with Crippen molar-refractivity contribution < 1.29 is 22.7 Å². The van der Waals surface area contributed by atoms with Gasteiger partial charge in [0.2, 0.25) is 10.0 Å². The van der Waals surface area contributed by atoms with Gasteiger partial charge in [0.05, 0.1) is 18.2 Å². The van der Waals surface area contributed by atoms with E-state index in [4.69, 9.17) is 16.3 Å². The summed E-state index contributed by atoms with van der Waals surface area (Å²) >= 11 is 6.17. The van der Waals surface area contributed by atoms with Crippen LogP contribution in [0.3, 0.4) is 0 Å². The molecule has 2 aromatic rings. The van der Waals surface area contributed by atoms with Gasteiger partial charge < -0.3 is 20.3 Å². The number of benzene rings is 2. The number of hydrogen-bond acceptors (Lipinski definition) is 6. The molecule has 2 aromatic carbocycles. The van der Waals surface area contributed by atoms with Crippen molar-refractivity contribution in [1.82, 2.24) is 14.5 Å². The van der Waals surface area contributed by atoms with Gasteiger partial charge in [0.1, 0.15) is 4.90 Å². The standard InChI is InChI=1S/C24H31ClN4O5S/c1-3-28(4-2)12-11-26-23(30)18-5-8-20(9-6-18)27-24(31)19-7-10-21(25)22(17-19)35(32,33)29-13-15-34-16-14-29/h5-10,17H,3-4,11-16H2,1-2H3,(H,26,30)(H,27,31). The molecule has 35 heavy (non-hydrogen) atoms. The zero-order valence-electron chi connectivity index (χ0n) is 19.9. The predicted octanol–water partition coefficient (Wildman–Crippen LogP) is 2.68. The van der Waals surface area contributed by atoms with Crippen molar-refractivity contribution in [1.29, 1.82) is 0 Å². The van der Waals surface area contributed by atoms with Gasteiger partial charge in [-0.2, -0.15) is 4.31 Å². The maximum absolute atomic E-state index is 13.0. The normalized spacial score (nSPS) is 14.6. The number of ether oxygens (including phenoxy) is 1. The SMILES string of the molecule is CCN(CC)CCNC(=O)c1ccc(NC(=O)c2ccc(Cl)c(S(=O)(=O)N3CCOCC3)c2)cc1. The number of nitrogens with zero attached hydrogens (tertiary/aromatic N) is 2. The van der Waals surface area contributed by atoms with Crippen molar-refractivity contribution in [2.45, 2.75) is 18.7 Å². The molecule has 0 saturated carbocycles. The molecule has 3 rings (SSSR count). The van der Waals surface area contributed by atoms with Crippen molar-refractivity contribution in [3.05, 3.63) is 58.6 Å². The van der Waals surface area contributed by atoms with E-state index in [9.17, 15) is 18.0 Å². The van der Waals surface area contributed by atoms with Gasteiger partial charge >= 0.3 is 0 Å². The molecule has 1 heterocycles. The first kappa shape index (κ1) is 27.1. The lowest BCUT2D eigenvalue weighted by molar-refractivity contribution is 0.0730. The summed E-state index contributed by atoms with van der Waals surface area (Å²) in [5.41, 5.74) is 1.11. The van der Waals surface area contributed by atoms with E-state index in [1.165, 1.54) is 22.5 Å². The van der Waals surface area contributed by atoms with Gasteiger partial charge in [-0.05, 0) is 55.6 Å². The van der Waals surface area contributed by atoms with Gasteiger partial charge in [0.25, 0.3) is 11.8 Å². The summed E-state index contributed by atoms with van der Waals surface area (Å²) in [5.74, 6) is -0.679. The Labute approximate surface area is 211 Å². The number of likely N-dealkylation sites (N-methyl/N-ethyl adjacent to an activating group) is 1. The zero-order chi connectivity index (χ0) is 25.4. The van der Waals surface area contributed by atoms with E-state index < -0.39 is 15.9 Å². The molecular weight excluding hydrogens is 492 g/mol. The Bertz CT molecular complexity index is 1130. The fraction of sp³-hybridized carbons (Fsp3) is 0.417.